The summed E-state index contributed by atoms with van der Waals surface area (Å²) in [6.45, 7) is 0. The van der Waals surface area contributed by atoms with Crippen LogP contribution >= 0.6 is 0 Å². The van der Waals surface area contributed by atoms with Crippen LogP contribution in [0.4, 0.5) is 13.2 Å². The summed E-state index contributed by atoms with van der Waals surface area (Å²) in [6.07, 6.45) is 5.28. The van der Waals surface area contributed by atoms with Crippen LogP contribution in [0.3, 0.4) is 0 Å². The van der Waals surface area contributed by atoms with Crippen LogP contribution in [0, 0.1) is 17.5 Å². The molecule has 63 heavy (non-hydrogen) atoms. The normalized spacial score (nSPS) is 11.1. The Morgan fingerprint density at radius 1 is 0.222 bits per heavy atom. The lowest BCUT2D eigenvalue weighted by Crippen LogP contribution is -1.94. The van der Waals surface area contributed by atoms with E-state index < -0.39 is 17.5 Å². The van der Waals surface area contributed by atoms with Crippen molar-refractivity contribution in [3.8, 4) is 101 Å². The first-order chi connectivity index (χ1) is 30.9. The minimum Gasteiger partial charge on any atom is -0.256 e. The molecule has 0 aliphatic carbocycles. The number of hydrogen-bond acceptors (Lipinski definition) is 3. The van der Waals surface area contributed by atoms with Crippen molar-refractivity contribution in [1.29, 1.82) is 0 Å². The second kappa shape index (κ2) is 17.0. The fraction of sp³-hybridized carbons (Fsp3) is 0. The molecule has 300 valence electrons. The molecule has 0 bridgehead atoms. The lowest BCUT2D eigenvalue weighted by atomic mass is 9.86. The molecule has 3 heterocycles. The predicted molar refractivity (Wildman–Crippen MR) is 249 cm³/mol. The van der Waals surface area contributed by atoms with Crippen molar-refractivity contribution in [2.75, 3.05) is 0 Å². The molecule has 0 saturated heterocycles. The molecule has 7 aromatic carbocycles. The first-order valence-electron chi connectivity index (χ1n) is 20.5. The van der Waals surface area contributed by atoms with Gasteiger partial charge in [0.2, 0.25) is 0 Å². The standard InChI is InChI=1S/C57H36F3N3/c58-46-22-25-49(37-10-16-40(17-11-37)55-7-1-4-28-61-55)52(34-46)43-31-44(53-35-47(59)23-26-50(53)38-12-18-41(19-13-38)56-8-2-5-29-62-56)33-45(32-43)54-36-48(60)24-27-51(54)39-14-20-42(21-15-39)57-9-3-6-30-63-57/h1-36H. The van der Waals surface area contributed by atoms with E-state index in [-0.39, 0.29) is 0 Å². The maximum Gasteiger partial charge on any atom is 0.123 e. The highest BCUT2D eigenvalue weighted by Gasteiger charge is 2.19. The summed E-state index contributed by atoms with van der Waals surface area (Å²) in [5.41, 5.74) is 14.3. The monoisotopic (exact) mass is 819 g/mol. The van der Waals surface area contributed by atoms with Gasteiger partial charge in [0, 0.05) is 35.3 Å². The number of halogens is 3. The van der Waals surface area contributed by atoms with Crippen molar-refractivity contribution in [2.45, 2.75) is 0 Å². The third-order valence-corrected chi connectivity index (χ3v) is 11.3. The topological polar surface area (TPSA) is 38.7 Å². The molecule has 0 radical (unpaired) electrons. The minimum absolute atomic E-state index is 0.412. The highest BCUT2D eigenvalue weighted by molar-refractivity contribution is 5.94. The molecule has 0 aliphatic heterocycles. The van der Waals surface area contributed by atoms with E-state index in [1.807, 2.05) is 146 Å². The minimum atomic E-state index is -0.412. The molecule has 10 rings (SSSR count). The van der Waals surface area contributed by atoms with Crippen LogP contribution in [0.2, 0.25) is 0 Å². The molecule has 0 aliphatic rings. The van der Waals surface area contributed by atoms with Crippen LogP contribution in [0.1, 0.15) is 0 Å². The van der Waals surface area contributed by atoms with Gasteiger partial charge in [0.25, 0.3) is 0 Å². The van der Waals surface area contributed by atoms with Gasteiger partial charge in [-0.25, -0.2) is 13.2 Å². The van der Waals surface area contributed by atoms with E-state index in [0.29, 0.717) is 33.4 Å². The van der Waals surface area contributed by atoms with Gasteiger partial charge in [-0.3, -0.25) is 15.0 Å². The van der Waals surface area contributed by atoms with E-state index in [4.69, 9.17) is 0 Å². The Bertz CT molecular complexity index is 2850. The number of aromatic nitrogens is 3. The van der Waals surface area contributed by atoms with Crippen molar-refractivity contribution in [3.05, 3.63) is 236 Å². The summed E-state index contributed by atoms with van der Waals surface area (Å²) in [5.74, 6) is -1.24. The van der Waals surface area contributed by atoms with E-state index in [2.05, 4.69) is 15.0 Å². The summed E-state index contributed by atoms with van der Waals surface area (Å²) in [7, 11) is 0. The van der Waals surface area contributed by atoms with Crippen molar-refractivity contribution in [1.82, 2.24) is 15.0 Å². The van der Waals surface area contributed by atoms with Crippen molar-refractivity contribution < 1.29 is 13.2 Å². The van der Waals surface area contributed by atoms with Gasteiger partial charge >= 0.3 is 0 Å². The Kier molecular flexibility index (Phi) is 10.5. The van der Waals surface area contributed by atoms with Crippen LogP contribution in [0.25, 0.3) is 101 Å². The first kappa shape index (κ1) is 38.9. The zero-order valence-corrected chi connectivity index (χ0v) is 33.8. The van der Waals surface area contributed by atoms with Crippen molar-refractivity contribution >= 4 is 0 Å². The molecule has 0 amide bonds. The third kappa shape index (κ3) is 8.18. The Morgan fingerprint density at radius 2 is 0.492 bits per heavy atom. The van der Waals surface area contributed by atoms with Gasteiger partial charge in [-0.05, 0) is 158 Å². The Labute approximate surface area is 363 Å². The molecule has 0 saturated carbocycles. The number of hydrogen-bond donors (Lipinski definition) is 0. The molecule has 6 heteroatoms. The van der Waals surface area contributed by atoms with Gasteiger partial charge in [0.05, 0.1) is 17.1 Å². The van der Waals surface area contributed by atoms with E-state index in [9.17, 15) is 0 Å². The van der Waals surface area contributed by atoms with E-state index in [1.54, 1.807) is 36.8 Å². The fourth-order valence-corrected chi connectivity index (χ4v) is 8.18. The second-order valence-electron chi connectivity index (χ2n) is 15.2. The Morgan fingerprint density at radius 3 is 0.746 bits per heavy atom. The van der Waals surface area contributed by atoms with Crippen molar-refractivity contribution in [2.24, 2.45) is 0 Å². The molecule has 0 unspecified atom stereocenters. The first-order valence-corrected chi connectivity index (χ1v) is 20.5. The van der Waals surface area contributed by atoms with Gasteiger partial charge < -0.3 is 0 Å². The average molecular weight is 820 g/mol. The van der Waals surface area contributed by atoms with Gasteiger partial charge in [-0.1, -0.05) is 109 Å². The summed E-state index contributed by atoms with van der Waals surface area (Å²) < 4.78 is 46.7. The van der Waals surface area contributed by atoms with Gasteiger partial charge in [-0.15, -0.1) is 0 Å². The lowest BCUT2D eigenvalue weighted by molar-refractivity contribution is 0.628. The molecule has 10 aromatic rings. The smallest absolute Gasteiger partial charge is 0.123 e. The highest BCUT2D eigenvalue weighted by atomic mass is 19.1. The van der Waals surface area contributed by atoms with Gasteiger partial charge in [0.15, 0.2) is 0 Å². The maximum absolute atomic E-state index is 15.6. The van der Waals surface area contributed by atoms with Crippen LogP contribution < -0.4 is 0 Å². The number of benzene rings is 7. The summed E-state index contributed by atoms with van der Waals surface area (Å²) in [4.78, 5) is 13.5. The third-order valence-electron chi connectivity index (χ3n) is 11.3. The highest BCUT2D eigenvalue weighted by Crippen LogP contribution is 2.43. The van der Waals surface area contributed by atoms with Crippen molar-refractivity contribution in [3.63, 3.8) is 0 Å². The van der Waals surface area contributed by atoms with Gasteiger partial charge in [-0.2, -0.15) is 0 Å². The molecule has 0 N–H and O–H groups in total. The number of nitrogens with zero attached hydrogens (tertiary/aromatic N) is 3. The lowest BCUT2D eigenvalue weighted by Gasteiger charge is -2.18. The summed E-state index contributed by atoms with van der Waals surface area (Å²) in [6, 6.07) is 61.5. The molecule has 0 spiro atoms. The molecule has 3 aromatic heterocycles. The van der Waals surface area contributed by atoms with Crippen LogP contribution in [-0.2, 0) is 0 Å². The second-order valence-corrected chi connectivity index (χ2v) is 15.2. The molecule has 0 atom stereocenters. The van der Waals surface area contributed by atoms with Crippen LogP contribution in [-0.4, -0.2) is 15.0 Å². The predicted octanol–water partition coefficient (Wildman–Crippen LogP) is 15.3. The molecular formula is C57H36F3N3. The number of rotatable bonds is 9. The van der Waals surface area contributed by atoms with Crippen LogP contribution in [0.5, 0.6) is 0 Å². The SMILES string of the molecule is Fc1ccc(-c2ccc(-c3ccccn3)cc2)c(-c2cc(-c3cc(F)ccc3-c3ccc(-c4ccccn4)cc3)cc(-c3cc(F)ccc3-c3ccc(-c4ccccn4)cc3)c2)c1. The molecule has 3 nitrogen and oxygen atoms in total. The average Bonchev–Trinajstić information content (AvgIpc) is 3.35. The van der Waals surface area contributed by atoms with E-state index >= 15 is 13.2 Å². The maximum atomic E-state index is 15.6. The Hall–Kier alpha value is -8.22. The summed E-state index contributed by atoms with van der Waals surface area (Å²) in [5, 5.41) is 0. The molecule has 0 fully saturated rings. The van der Waals surface area contributed by atoms with Crippen LogP contribution in [0.15, 0.2) is 219 Å². The Balaban J connectivity index is 1.16. The molecular weight excluding hydrogens is 784 g/mol. The van der Waals surface area contributed by atoms with E-state index in [0.717, 1.165) is 67.2 Å². The zero-order valence-electron chi connectivity index (χ0n) is 33.8. The largest absolute Gasteiger partial charge is 0.256 e. The van der Waals surface area contributed by atoms with E-state index in [1.165, 1.54) is 36.4 Å². The summed E-state index contributed by atoms with van der Waals surface area (Å²) >= 11 is 0. The quantitative estimate of drug-likeness (QED) is 0.146. The number of pyridine rings is 3. The zero-order chi connectivity index (χ0) is 42.7. The fourth-order valence-electron chi connectivity index (χ4n) is 8.18. The van der Waals surface area contributed by atoms with Gasteiger partial charge in [0.1, 0.15) is 17.5 Å².